The second-order valence-corrected chi connectivity index (χ2v) is 6.89. The van der Waals surface area contributed by atoms with Crippen LogP contribution in [0.4, 0.5) is 0 Å². The van der Waals surface area contributed by atoms with Gasteiger partial charge in [-0.2, -0.15) is 0 Å². The summed E-state index contributed by atoms with van der Waals surface area (Å²) in [4.78, 5) is 12.6. The van der Waals surface area contributed by atoms with Crippen molar-refractivity contribution >= 4 is 5.91 Å². The fourth-order valence-corrected chi connectivity index (χ4v) is 3.07. The van der Waals surface area contributed by atoms with Crippen LogP contribution in [0.3, 0.4) is 0 Å². The van der Waals surface area contributed by atoms with E-state index in [0.717, 1.165) is 37.2 Å². The van der Waals surface area contributed by atoms with Crippen LogP contribution in [-0.4, -0.2) is 42.9 Å². The van der Waals surface area contributed by atoms with Crippen molar-refractivity contribution in [1.82, 2.24) is 10.6 Å². The van der Waals surface area contributed by atoms with Crippen LogP contribution in [0.15, 0.2) is 24.3 Å². The first kappa shape index (κ1) is 18.9. The molecule has 2 unspecified atom stereocenters. The van der Waals surface area contributed by atoms with E-state index in [1.54, 1.807) is 0 Å². The Morgan fingerprint density at radius 3 is 2.58 bits per heavy atom. The summed E-state index contributed by atoms with van der Waals surface area (Å²) in [7, 11) is 0. The molecule has 5 nitrogen and oxygen atoms in total. The van der Waals surface area contributed by atoms with Gasteiger partial charge in [-0.05, 0) is 36.8 Å². The number of amides is 1. The molecular formula is C19H30N2O3. The Morgan fingerprint density at radius 2 is 1.96 bits per heavy atom. The Hall–Kier alpha value is -1.43. The Morgan fingerprint density at radius 1 is 1.29 bits per heavy atom. The highest BCUT2D eigenvalue weighted by Gasteiger charge is 2.26. The molecule has 1 saturated heterocycles. The van der Waals surface area contributed by atoms with Crippen molar-refractivity contribution in [2.24, 2.45) is 5.92 Å². The molecular weight excluding hydrogens is 304 g/mol. The van der Waals surface area contributed by atoms with Crippen LogP contribution >= 0.6 is 0 Å². The molecule has 5 heteroatoms. The predicted octanol–water partition coefficient (Wildman–Crippen LogP) is 1.94. The lowest BCUT2D eigenvalue weighted by molar-refractivity contribution is -0.125. The third-order valence-electron chi connectivity index (χ3n) is 4.60. The SMILES string of the molecule is Cc1ccccc1C(O)CNC(=O)C(NC1CCOCC1)C(C)C. The Labute approximate surface area is 144 Å². The first-order chi connectivity index (χ1) is 11.5. The van der Waals surface area contributed by atoms with Crippen molar-refractivity contribution in [3.05, 3.63) is 35.4 Å². The van der Waals surface area contributed by atoms with Crippen molar-refractivity contribution in [1.29, 1.82) is 0 Å². The van der Waals surface area contributed by atoms with E-state index >= 15 is 0 Å². The molecule has 1 heterocycles. The van der Waals surface area contributed by atoms with E-state index in [1.165, 1.54) is 0 Å². The van der Waals surface area contributed by atoms with E-state index < -0.39 is 6.10 Å². The molecule has 2 atom stereocenters. The lowest BCUT2D eigenvalue weighted by Crippen LogP contribution is -2.52. The van der Waals surface area contributed by atoms with Crippen molar-refractivity contribution < 1.29 is 14.6 Å². The van der Waals surface area contributed by atoms with Gasteiger partial charge in [0.15, 0.2) is 0 Å². The molecule has 0 aromatic heterocycles. The normalized spacial score (nSPS) is 18.4. The van der Waals surface area contributed by atoms with Crippen LogP contribution in [0, 0.1) is 12.8 Å². The summed E-state index contributed by atoms with van der Waals surface area (Å²) in [6.45, 7) is 7.75. The van der Waals surface area contributed by atoms with Crippen molar-refractivity contribution in [2.75, 3.05) is 19.8 Å². The third-order valence-corrected chi connectivity index (χ3v) is 4.60. The highest BCUT2D eigenvalue weighted by molar-refractivity contribution is 5.82. The summed E-state index contributed by atoms with van der Waals surface area (Å²) in [5.74, 6) is 0.132. The van der Waals surface area contributed by atoms with Gasteiger partial charge in [-0.15, -0.1) is 0 Å². The zero-order chi connectivity index (χ0) is 17.5. The molecule has 0 radical (unpaired) electrons. The largest absolute Gasteiger partial charge is 0.387 e. The van der Waals surface area contributed by atoms with Gasteiger partial charge in [0.1, 0.15) is 0 Å². The zero-order valence-electron chi connectivity index (χ0n) is 14.9. The van der Waals surface area contributed by atoms with Crippen LogP contribution in [0.25, 0.3) is 0 Å². The predicted molar refractivity (Wildman–Crippen MR) is 94.8 cm³/mol. The van der Waals surface area contributed by atoms with E-state index in [0.29, 0.717) is 6.04 Å². The van der Waals surface area contributed by atoms with Crippen molar-refractivity contribution in [3.8, 4) is 0 Å². The molecule has 2 rings (SSSR count). The Bertz CT molecular complexity index is 527. The van der Waals surface area contributed by atoms with E-state index in [4.69, 9.17) is 4.74 Å². The molecule has 0 saturated carbocycles. The number of aliphatic hydroxyl groups excluding tert-OH is 1. The number of aryl methyl sites for hydroxylation is 1. The molecule has 1 amide bonds. The number of nitrogens with one attached hydrogen (secondary N) is 2. The average molecular weight is 334 g/mol. The van der Waals surface area contributed by atoms with E-state index in [9.17, 15) is 9.90 Å². The maximum atomic E-state index is 12.6. The molecule has 0 bridgehead atoms. The molecule has 3 N–H and O–H groups in total. The Balaban J connectivity index is 1.89. The summed E-state index contributed by atoms with van der Waals surface area (Å²) < 4.78 is 5.37. The van der Waals surface area contributed by atoms with Gasteiger partial charge in [0.2, 0.25) is 5.91 Å². The van der Waals surface area contributed by atoms with E-state index in [1.807, 2.05) is 45.0 Å². The monoisotopic (exact) mass is 334 g/mol. The van der Waals surface area contributed by atoms with Crippen molar-refractivity contribution in [3.63, 3.8) is 0 Å². The maximum absolute atomic E-state index is 12.6. The quantitative estimate of drug-likeness (QED) is 0.713. The lowest BCUT2D eigenvalue weighted by atomic mass is 9.99. The third kappa shape index (κ3) is 5.30. The van der Waals surface area contributed by atoms with Crippen LogP contribution in [0.1, 0.15) is 43.9 Å². The first-order valence-electron chi connectivity index (χ1n) is 8.84. The molecule has 24 heavy (non-hydrogen) atoms. The highest BCUT2D eigenvalue weighted by atomic mass is 16.5. The minimum Gasteiger partial charge on any atom is -0.387 e. The Kier molecular flexibility index (Phi) is 7.21. The summed E-state index contributed by atoms with van der Waals surface area (Å²) >= 11 is 0. The van der Waals surface area contributed by atoms with Crippen LogP contribution in [0.5, 0.6) is 0 Å². The van der Waals surface area contributed by atoms with Gasteiger partial charge in [-0.3, -0.25) is 4.79 Å². The molecule has 1 aliphatic heterocycles. The topological polar surface area (TPSA) is 70.6 Å². The highest BCUT2D eigenvalue weighted by Crippen LogP contribution is 2.16. The minimum absolute atomic E-state index is 0.0517. The van der Waals surface area contributed by atoms with Gasteiger partial charge in [0, 0.05) is 25.8 Å². The van der Waals surface area contributed by atoms with Crippen molar-refractivity contribution in [2.45, 2.75) is 51.8 Å². The van der Waals surface area contributed by atoms with Gasteiger partial charge < -0.3 is 20.5 Å². The van der Waals surface area contributed by atoms with E-state index in [2.05, 4.69) is 10.6 Å². The number of carbonyl (C=O) groups is 1. The lowest BCUT2D eigenvalue weighted by Gasteiger charge is -2.30. The van der Waals surface area contributed by atoms with Crippen LogP contribution in [-0.2, 0) is 9.53 Å². The summed E-state index contributed by atoms with van der Waals surface area (Å²) in [5, 5.41) is 16.7. The molecule has 0 spiro atoms. The number of carbonyl (C=O) groups excluding carboxylic acids is 1. The van der Waals surface area contributed by atoms with Gasteiger partial charge in [-0.1, -0.05) is 38.1 Å². The van der Waals surface area contributed by atoms with Gasteiger partial charge in [-0.25, -0.2) is 0 Å². The smallest absolute Gasteiger partial charge is 0.237 e. The second kappa shape index (κ2) is 9.16. The molecule has 1 aliphatic rings. The minimum atomic E-state index is -0.689. The molecule has 0 aliphatic carbocycles. The zero-order valence-corrected chi connectivity index (χ0v) is 14.9. The number of hydrogen-bond donors (Lipinski definition) is 3. The fraction of sp³-hybridized carbons (Fsp3) is 0.632. The number of rotatable bonds is 7. The summed E-state index contributed by atoms with van der Waals surface area (Å²) in [5.41, 5.74) is 1.89. The fourth-order valence-electron chi connectivity index (χ4n) is 3.07. The summed E-state index contributed by atoms with van der Waals surface area (Å²) in [6, 6.07) is 7.76. The average Bonchev–Trinajstić information content (AvgIpc) is 2.58. The molecule has 134 valence electrons. The summed E-state index contributed by atoms with van der Waals surface area (Å²) in [6.07, 6.45) is 1.18. The van der Waals surface area contributed by atoms with E-state index in [-0.39, 0.29) is 24.4 Å². The second-order valence-electron chi connectivity index (χ2n) is 6.89. The number of hydrogen-bond acceptors (Lipinski definition) is 4. The maximum Gasteiger partial charge on any atom is 0.237 e. The standard InChI is InChI=1S/C19H30N2O3/c1-13(2)18(21-15-8-10-24-11-9-15)19(23)20-12-17(22)16-7-5-4-6-14(16)3/h4-7,13,15,17-18,21-22H,8-12H2,1-3H3,(H,20,23). The van der Waals surface area contributed by atoms with Gasteiger partial charge >= 0.3 is 0 Å². The molecule has 1 aromatic carbocycles. The number of ether oxygens (including phenoxy) is 1. The molecule has 1 fully saturated rings. The molecule has 1 aromatic rings. The number of benzene rings is 1. The van der Waals surface area contributed by atoms with Crippen LogP contribution < -0.4 is 10.6 Å². The van der Waals surface area contributed by atoms with Gasteiger partial charge in [0.25, 0.3) is 0 Å². The van der Waals surface area contributed by atoms with Crippen LogP contribution in [0.2, 0.25) is 0 Å². The first-order valence-corrected chi connectivity index (χ1v) is 8.84. The number of aliphatic hydroxyl groups is 1. The van der Waals surface area contributed by atoms with Gasteiger partial charge in [0.05, 0.1) is 12.1 Å².